The highest BCUT2D eigenvalue weighted by atomic mass is 127. The SMILES string of the molecule is CC(C)(C)c1ccc(I)c(C(C)(C)C)c1C(C)(C)C. The predicted molar refractivity (Wildman–Crippen MR) is 95.3 cm³/mol. The third kappa shape index (κ3) is 3.74. The molecule has 1 rings (SSSR count). The fourth-order valence-electron chi connectivity index (χ4n) is 2.71. The highest BCUT2D eigenvalue weighted by Crippen LogP contribution is 2.42. The third-order valence-corrected chi connectivity index (χ3v) is 4.36. The van der Waals surface area contributed by atoms with Crippen molar-refractivity contribution in [2.24, 2.45) is 0 Å². The molecule has 1 aromatic carbocycles. The van der Waals surface area contributed by atoms with Gasteiger partial charge in [0.25, 0.3) is 0 Å². The van der Waals surface area contributed by atoms with Crippen molar-refractivity contribution in [3.8, 4) is 0 Å². The maximum Gasteiger partial charge on any atom is 0.0170 e. The largest absolute Gasteiger partial charge is 0.0571 e. The molecule has 0 saturated carbocycles. The Morgan fingerprint density at radius 1 is 0.632 bits per heavy atom. The van der Waals surface area contributed by atoms with Crippen LogP contribution in [0.5, 0.6) is 0 Å². The maximum atomic E-state index is 2.50. The average Bonchev–Trinajstić information content (AvgIpc) is 2.11. The lowest BCUT2D eigenvalue weighted by molar-refractivity contribution is 0.496. The quantitative estimate of drug-likeness (QED) is 0.477. The highest BCUT2D eigenvalue weighted by Gasteiger charge is 2.32. The second-order valence-electron chi connectivity index (χ2n) is 8.59. The van der Waals surface area contributed by atoms with Crippen LogP contribution in [0.1, 0.15) is 79.0 Å². The van der Waals surface area contributed by atoms with Crippen molar-refractivity contribution in [2.45, 2.75) is 78.6 Å². The average molecular weight is 372 g/mol. The van der Waals surface area contributed by atoms with Gasteiger partial charge in [0.05, 0.1) is 0 Å². The molecular weight excluding hydrogens is 343 g/mol. The molecule has 1 aromatic rings. The van der Waals surface area contributed by atoms with Gasteiger partial charge in [-0.1, -0.05) is 68.4 Å². The zero-order valence-electron chi connectivity index (χ0n) is 14.0. The van der Waals surface area contributed by atoms with Crippen molar-refractivity contribution in [1.29, 1.82) is 0 Å². The van der Waals surface area contributed by atoms with Gasteiger partial charge in [0, 0.05) is 3.57 Å². The molecule has 19 heavy (non-hydrogen) atoms. The van der Waals surface area contributed by atoms with Gasteiger partial charge >= 0.3 is 0 Å². The Balaban J connectivity index is 3.82. The van der Waals surface area contributed by atoms with E-state index in [2.05, 4.69) is 97.0 Å². The molecule has 0 saturated heterocycles. The van der Waals surface area contributed by atoms with Crippen molar-refractivity contribution in [1.82, 2.24) is 0 Å². The second-order valence-corrected chi connectivity index (χ2v) is 9.76. The standard InChI is InChI=1S/C18H29I/c1-16(2,3)12-10-11-13(19)15(18(7,8)9)14(12)17(4,5)6/h10-11H,1-9H3. The number of halogens is 1. The predicted octanol–water partition coefficient (Wildman–Crippen LogP) is 6.18. The summed E-state index contributed by atoms with van der Waals surface area (Å²) in [7, 11) is 0. The number of hydrogen-bond donors (Lipinski definition) is 0. The topological polar surface area (TPSA) is 0 Å². The van der Waals surface area contributed by atoms with E-state index in [1.807, 2.05) is 0 Å². The molecule has 0 heterocycles. The van der Waals surface area contributed by atoms with Gasteiger partial charge in [-0.3, -0.25) is 0 Å². The van der Waals surface area contributed by atoms with E-state index in [0.717, 1.165) is 0 Å². The molecule has 0 amide bonds. The number of benzene rings is 1. The van der Waals surface area contributed by atoms with Gasteiger partial charge < -0.3 is 0 Å². The summed E-state index contributed by atoms with van der Waals surface area (Å²) in [5.74, 6) is 0. The molecule has 0 bridgehead atoms. The molecule has 0 N–H and O–H groups in total. The summed E-state index contributed by atoms with van der Waals surface area (Å²) in [6.45, 7) is 20.9. The summed E-state index contributed by atoms with van der Waals surface area (Å²) in [5, 5.41) is 0. The van der Waals surface area contributed by atoms with Crippen LogP contribution in [0.4, 0.5) is 0 Å². The maximum absolute atomic E-state index is 2.50. The van der Waals surface area contributed by atoms with Crippen LogP contribution in [0.3, 0.4) is 0 Å². The van der Waals surface area contributed by atoms with Crippen LogP contribution in [-0.4, -0.2) is 0 Å². The van der Waals surface area contributed by atoms with E-state index in [1.54, 1.807) is 5.56 Å². The van der Waals surface area contributed by atoms with Crippen LogP contribution < -0.4 is 0 Å². The van der Waals surface area contributed by atoms with Gasteiger partial charge in [0.15, 0.2) is 0 Å². The molecule has 0 radical (unpaired) electrons. The van der Waals surface area contributed by atoms with Crippen molar-refractivity contribution in [2.75, 3.05) is 0 Å². The summed E-state index contributed by atoms with van der Waals surface area (Å²) in [6.07, 6.45) is 0. The summed E-state index contributed by atoms with van der Waals surface area (Å²) in [5.41, 5.74) is 5.09. The van der Waals surface area contributed by atoms with E-state index in [4.69, 9.17) is 0 Å². The minimum absolute atomic E-state index is 0.173. The Morgan fingerprint density at radius 3 is 1.37 bits per heavy atom. The Kier molecular flexibility index (Phi) is 4.52. The molecule has 0 fully saturated rings. The monoisotopic (exact) mass is 372 g/mol. The summed E-state index contributed by atoms with van der Waals surface area (Å²) in [4.78, 5) is 0. The first-order chi connectivity index (χ1) is 8.26. The van der Waals surface area contributed by atoms with E-state index in [1.165, 1.54) is 14.7 Å². The molecule has 0 aliphatic heterocycles. The van der Waals surface area contributed by atoms with Crippen LogP contribution in [-0.2, 0) is 16.2 Å². The molecule has 1 heteroatoms. The molecule has 0 unspecified atom stereocenters. The first kappa shape index (κ1) is 17.0. The Bertz CT molecular complexity index is 462. The van der Waals surface area contributed by atoms with Crippen molar-refractivity contribution >= 4 is 22.6 Å². The zero-order valence-corrected chi connectivity index (χ0v) is 16.2. The van der Waals surface area contributed by atoms with Gasteiger partial charge in [-0.25, -0.2) is 0 Å². The third-order valence-electron chi connectivity index (χ3n) is 3.46. The van der Waals surface area contributed by atoms with E-state index in [-0.39, 0.29) is 16.2 Å². The van der Waals surface area contributed by atoms with Crippen LogP contribution in [0.25, 0.3) is 0 Å². The molecule has 0 atom stereocenters. The zero-order chi connectivity index (χ0) is 15.2. The van der Waals surface area contributed by atoms with E-state index in [0.29, 0.717) is 0 Å². The van der Waals surface area contributed by atoms with Crippen LogP contribution in [0, 0.1) is 3.57 Å². The molecule has 0 nitrogen and oxygen atoms in total. The molecule has 0 aromatic heterocycles. The highest BCUT2D eigenvalue weighted by molar-refractivity contribution is 14.1. The van der Waals surface area contributed by atoms with Crippen molar-refractivity contribution in [3.05, 3.63) is 32.4 Å². The fourth-order valence-corrected chi connectivity index (χ4v) is 3.97. The molecule has 0 aliphatic rings. The van der Waals surface area contributed by atoms with Crippen LogP contribution in [0.2, 0.25) is 0 Å². The van der Waals surface area contributed by atoms with Gasteiger partial charge in [-0.15, -0.1) is 0 Å². The summed E-state index contributed by atoms with van der Waals surface area (Å²) in [6, 6.07) is 4.62. The number of rotatable bonds is 0. The first-order valence-electron chi connectivity index (χ1n) is 7.10. The minimum Gasteiger partial charge on any atom is -0.0571 e. The van der Waals surface area contributed by atoms with Crippen molar-refractivity contribution < 1.29 is 0 Å². The molecule has 0 spiro atoms. The normalized spacial score (nSPS) is 13.8. The minimum atomic E-state index is 0.173. The van der Waals surface area contributed by atoms with E-state index in [9.17, 15) is 0 Å². The van der Waals surface area contributed by atoms with Gasteiger partial charge in [0.1, 0.15) is 0 Å². The van der Waals surface area contributed by atoms with Crippen LogP contribution >= 0.6 is 22.6 Å². The fraction of sp³-hybridized carbons (Fsp3) is 0.667. The molecule has 0 aliphatic carbocycles. The van der Waals surface area contributed by atoms with Crippen LogP contribution in [0.15, 0.2) is 12.1 Å². The lowest BCUT2D eigenvalue weighted by atomic mass is 9.69. The first-order valence-corrected chi connectivity index (χ1v) is 8.18. The van der Waals surface area contributed by atoms with E-state index < -0.39 is 0 Å². The summed E-state index contributed by atoms with van der Waals surface area (Å²) < 4.78 is 1.39. The van der Waals surface area contributed by atoms with Gasteiger partial charge in [-0.05, 0) is 61.6 Å². The lowest BCUT2D eigenvalue weighted by Crippen LogP contribution is -2.29. The second kappa shape index (κ2) is 5.05. The lowest BCUT2D eigenvalue weighted by Gasteiger charge is -2.37. The smallest absolute Gasteiger partial charge is 0.0170 e. The van der Waals surface area contributed by atoms with E-state index >= 15 is 0 Å². The Morgan fingerprint density at radius 2 is 1.05 bits per heavy atom. The summed E-state index contributed by atoms with van der Waals surface area (Å²) >= 11 is 2.50. The molecule has 108 valence electrons. The van der Waals surface area contributed by atoms with Gasteiger partial charge in [0.2, 0.25) is 0 Å². The molecular formula is C18H29I. The van der Waals surface area contributed by atoms with Crippen molar-refractivity contribution in [3.63, 3.8) is 0 Å². The van der Waals surface area contributed by atoms with Gasteiger partial charge in [-0.2, -0.15) is 0 Å². The Hall–Kier alpha value is -0.0500. The number of hydrogen-bond acceptors (Lipinski definition) is 0. The Labute approximate surface area is 133 Å².